The fourth-order valence-electron chi connectivity index (χ4n) is 2.23. The van der Waals surface area contributed by atoms with Crippen molar-refractivity contribution in [3.05, 3.63) is 0 Å². The van der Waals surface area contributed by atoms with Crippen molar-refractivity contribution in [3.63, 3.8) is 0 Å². The summed E-state index contributed by atoms with van der Waals surface area (Å²) in [7, 11) is 2.23. The van der Waals surface area contributed by atoms with E-state index in [0.717, 1.165) is 38.4 Å². The molecule has 0 aliphatic heterocycles. The Morgan fingerprint density at radius 2 is 2.11 bits per heavy atom. The summed E-state index contributed by atoms with van der Waals surface area (Å²) in [5, 5.41) is 3.50. The third-order valence-corrected chi connectivity index (χ3v) is 3.80. The summed E-state index contributed by atoms with van der Waals surface area (Å²) in [5.41, 5.74) is 0. The van der Waals surface area contributed by atoms with E-state index in [9.17, 15) is 4.79 Å². The van der Waals surface area contributed by atoms with E-state index < -0.39 is 0 Å². The zero-order valence-electron chi connectivity index (χ0n) is 12.8. The molecule has 1 aliphatic carbocycles. The first-order chi connectivity index (χ1) is 9.15. The zero-order chi connectivity index (χ0) is 14.1. The minimum absolute atomic E-state index is 0.0601. The maximum absolute atomic E-state index is 11.1. The fraction of sp³-hybridized carbons (Fsp3) is 0.933. The predicted octanol–water partition coefficient (Wildman–Crippen LogP) is 2.18. The van der Waals surface area contributed by atoms with Gasteiger partial charge in [0.25, 0.3) is 0 Å². The lowest BCUT2D eigenvalue weighted by molar-refractivity contribution is -0.143. The number of rotatable bonds is 11. The van der Waals surface area contributed by atoms with Gasteiger partial charge in [0, 0.05) is 25.0 Å². The van der Waals surface area contributed by atoms with E-state index in [1.165, 1.54) is 12.8 Å². The highest BCUT2D eigenvalue weighted by Gasteiger charge is 2.28. The molecule has 0 bridgehead atoms. The highest BCUT2D eigenvalue weighted by Crippen LogP contribution is 2.26. The number of hydrogen-bond donors (Lipinski definition) is 1. The normalized spacial score (nSPS) is 16.6. The van der Waals surface area contributed by atoms with E-state index in [0.29, 0.717) is 19.1 Å². The van der Waals surface area contributed by atoms with Crippen LogP contribution in [0.3, 0.4) is 0 Å². The molecule has 1 atom stereocenters. The second-order valence-electron chi connectivity index (χ2n) is 5.57. The number of carbonyl (C=O) groups excluding carboxylic acids is 1. The third-order valence-electron chi connectivity index (χ3n) is 3.80. The van der Waals surface area contributed by atoms with Gasteiger partial charge in [-0.3, -0.25) is 9.69 Å². The first-order valence-corrected chi connectivity index (χ1v) is 7.73. The zero-order valence-corrected chi connectivity index (χ0v) is 12.8. The summed E-state index contributed by atoms with van der Waals surface area (Å²) in [6.45, 7) is 6.73. The standard InChI is InChI=1S/C15H30N2O2/c1-4-19-15(18)8-6-5-7-11-16-12-13(2)17(3)14-9-10-14/h13-14,16H,4-12H2,1-3H3. The van der Waals surface area contributed by atoms with Gasteiger partial charge in [-0.05, 0) is 53.1 Å². The topological polar surface area (TPSA) is 41.6 Å². The van der Waals surface area contributed by atoms with Gasteiger partial charge >= 0.3 is 5.97 Å². The van der Waals surface area contributed by atoms with Crippen LogP contribution in [0.5, 0.6) is 0 Å². The second-order valence-corrected chi connectivity index (χ2v) is 5.57. The molecule has 0 aromatic carbocycles. The molecule has 0 radical (unpaired) electrons. The van der Waals surface area contributed by atoms with Crippen LogP contribution in [-0.2, 0) is 9.53 Å². The molecule has 0 saturated heterocycles. The van der Waals surface area contributed by atoms with Gasteiger partial charge in [0.1, 0.15) is 0 Å². The molecule has 0 aromatic heterocycles. The number of likely N-dealkylation sites (N-methyl/N-ethyl adjacent to an activating group) is 1. The lowest BCUT2D eigenvalue weighted by atomic mass is 10.2. The number of nitrogens with one attached hydrogen (secondary N) is 1. The number of esters is 1. The van der Waals surface area contributed by atoms with E-state index >= 15 is 0 Å². The molecular weight excluding hydrogens is 240 g/mol. The Labute approximate surface area is 117 Å². The summed E-state index contributed by atoms with van der Waals surface area (Å²) < 4.78 is 4.90. The molecule has 4 heteroatoms. The molecule has 19 heavy (non-hydrogen) atoms. The molecule has 1 rings (SSSR count). The average Bonchev–Trinajstić information content (AvgIpc) is 3.21. The largest absolute Gasteiger partial charge is 0.466 e. The Balaban J connectivity index is 1.86. The van der Waals surface area contributed by atoms with E-state index in [-0.39, 0.29) is 5.97 Å². The molecule has 112 valence electrons. The van der Waals surface area contributed by atoms with Crippen LogP contribution in [0.25, 0.3) is 0 Å². The molecule has 1 fully saturated rings. The highest BCUT2D eigenvalue weighted by molar-refractivity contribution is 5.69. The molecule has 1 saturated carbocycles. The lowest BCUT2D eigenvalue weighted by Crippen LogP contribution is -2.39. The van der Waals surface area contributed by atoms with Crippen LogP contribution in [-0.4, -0.2) is 49.7 Å². The Hall–Kier alpha value is -0.610. The molecule has 1 unspecified atom stereocenters. The number of unbranched alkanes of at least 4 members (excludes halogenated alkanes) is 2. The van der Waals surface area contributed by atoms with Crippen LogP contribution in [0.15, 0.2) is 0 Å². The highest BCUT2D eigenvalue weighted by atomic mass is 16.5. The second kappa shape index (κ2) is 9.32. The van der Waals surface area contributed by atoms with Crippen molar-refractivity contribution in [2.24, 2.45) is 0 Å². The van der Waals surface area contributed by atoms with Gasteiger partial charge in [0.05, 0.1) is 6.61 Å². The van der Waals surface area contributed by atoms with Crippen molar-refractivity contribution in [1.82, 2.24) is 10.2 Å². The Kier molecular flexibility index (Phi) is 8.07. The summed E-state index contributed by atoms with van der Waals surface area (Å²) in [6.07, 6.45) is 6.48. The van der Waals surface area contributed by atoms with Crippen LogP contribution in [0.2, 0.25) is 0 Å². The van der Waals surface area contributed by atoms with Crippen molar-refractivity contribution in [1.29, 1.82) is 0 Å². The van der Waals surface area contributed by atoms with E-state index in [1.807, 2.05) is 6.92 Å². The quantitative estimate of drug-likeness (QED) is 0.461. The molecular formula is C15H30N2O2. The summed E-state index contributed by atoms with van der Waals surface area (Å²) in [4.78, 5) is 13.6. The molecule has 0 aromatic rings. The lowest BCUT2D eigenvalue weighted by Gasteiger charge is -2.24. The molecule has 1 N–H and O–H groups in total. The molecule has 0 spiro atoms. The predicted molar refractivity (Wildman–Crippen MR) is 78.2 cm³/mol. The Morgan fingerprint density at radius 3 is 2.74 bits per heavy atom. The van der Waals surface area contributed by atoms with Crippen molar-refractivity contribution < 1.29 is 9.53 Å². The van der Waals surface area contributed by atoms with Gasteiger partial charge in [-0.1, -0.05) is 6.42 Å². The first kappa shape index (κ1) is 16.4. The van der Waals surface area contributed by atoms with Crippen molar-refractivity contribution in [3.8, 4) is 0 Å². The molecule has 0 amide bonds. The van der Waals surface area contributed by atoms with E-state index in [1.54, 1.807) is 0 Å². The summed E-state index contributed by atoms with van der Waals surface area (Å²) in [6, 6.07) is 1.45. The maximum Gasteiger partial charge on any atom is 0.305 e. The molecule has 1 aliphatic rings. The maximum atomic E-state index is 11.1. The first-order valence-electron chi connectivity index (χ1n) is 7.73. The Morgan fingerprint density at radius 1 is 1.37 bits per heavy atom. The van der Waals surface area contributed by atoms with Gasteiger partial charge < -0.3 is 10.1 Å². The molecule has 0 heterocycles. The number of hydrogen-bond acceptors (Lipinski definition) is 4. The van der Waals surface area contributed by atoms with Gasteiger partial charge in [-0.15, -0.1) is 0 Å². The van der Waals surface area contributed by atoms with Crippen LogP contribution < -0.4 is 5.32 Å². The van der Waals surface area contributed by atoms with Gasteiger partial charge in [0.15, 0.2) is 0 Å². The van der Waals surface area contributed by atoms with Gasteiger partial charge in [-0.2, -0.15) is 0 Å². The van der Waals surface area contributed by atoms with Crippen LogP contribution in [0.1, 0.15) is 52.4 Å². The van der Waals surface area contributed by atoms with E-state index in [4.69, 9.17) is 4.74 Å². The van der Waals surface area contributed by atoms with Gasteiger partial charge in [0.2, 0.25) is 0 Å². The van der Waals surface area contributed by atoms with Crippen LogP contribution >= 0.6 is 0 Å². The van der Waals surface area contributed by atoms with E-state index in [2.05, 4.69) is 24.2 Å². The van der Waals surface area contributed by atoms with Crippen LogP contribution in [0, 0.1) is 0 Å². The van der Waals surface area contributed by atoms with Crippen molar-refractivity contribution in [2.75, 3.05) is 26.7 Å². The smallest absolute Gasteiger partial charge is 0.305 e. The van der Waals surface area contributed by atoms with Crippen molar-refractivity contribution >= 4 is 5.97 Å². The van der Waals surface area contributed by atoms with Crippen LogP contribution in [0.4, 0.5) is 0 Å². The third kappa shape index (κ3) is 7.53. The number of carbonyl (C=O) groups is 1. The molecule has 4 nitrogen and oxygen atoms in total. The van der Waals surface area contributed by atoms with Gasteiger partial charge in [-0.25, -0.2) is 0 Å². The average molecular weight is 270 g/mol. The minimum atomic E-state index is -0.0601. The van der Waals surface area contributed by atoms with Crippen molar-refractivity contribution in [2.45, 2.75) is 64.5 Å². The summed E-state index contributed by atoms with van der Waals surface area (Å²) >= 11 is 0. The SMILES string of the molecule is CCOC(=O)CCCCCNCC(C)N(C)C1CC1. The number of nitrogens with zero attached hydrogens (tertiary/aromatic N) is 1. The fourth-order valence-corrected chi connectivity index (χ4v) is 2.23. The minimum Gasteiger partial charge on any atom is -0.466 e. The summed E-state index contributed by atoms with van der Waals surface area (Å²) in [5.74, 6) is -0.0601. The number of ether oxygens (including phenoxy) is 1. The Bertz CT molecular complexity index is 255. The monoisotopic (exact) mass is 270 g/mol.